The molecule has 3 N–H and O–H groups in total. The smallest absolute Gasteiger partial charge is 0.462 e. The van der Waals surface area contributed by atoms with Crippen LogP contribution in [-0.4, -0.2) is 96.7 Å². The molecule has 0 heterocycles. The summed E-state index contributed by atoms with van der Waals surface area (Å²) in [6.45, 7) is 9.47. The highest BCUT2D eigenvalue weighted by Gasteiger charge is 2.30. The van der Waals surface area contributed by atoms with Gasteiger partial charge in [-0.25, -0.2) is 9.13 Å². The standard InChI is InChI=1S/C76H144O17P2/c1-7-9-11-13-15-17-19-21-23-28-31-35-39-46-52-58-73(78)86-64-71(92-75(80)61-55-49-41-37-33-29-25-24-26-30-34-38-44-50-56-68(3)4)66-90-94(82,83)88-62-70(77)63-89-95(84,85)91-67-72(65-87-74(79)59-53-47-43-42-45-51-57-69(5)6)93-76(81)60-54-48-40-36-32-27-22-20-18-16-14-12-10-8-2/h17,19,21,23,68-72,77H,7-16,18,20,22,24-67H2,1-6H3,(H,82,83)(H,84,85)/b19-17-,23-21-/t70-,71-,72-/m1/s1. The minimum atomic E-state index is -4.96. The Hall–Kier alpha value is -2.46. The summed E-state index contributed by atoms with van der Waals surface area (Å²) in [6, 6.07) is 0. The highest BCUT2D eigenvalue weighted by Crippen LogP contribution is 2.45. The van der Waals surface area contributed by atoms with Gasteiger partial charge < -0.3 is 33.8 Å². The van der Waals surface area contributed by atoms with E-state index < -0.39 is 97.5 Å². The van der Waals surface area contributed by atoms with Crippen molar-refractivity contribution in [2.75, 3.05) is 39.6 Å². The third-order valence-electron chi connectivity index (χ3n) is 17.1. The molecule has 560 valence electrons. The van der Waals surface area contributed by atoms with Crippen LogP contribution in [0.1, 0.15) is 369 Å². The Bertz CT molecular complexity index is 1930. The van der Waals surface area contributed by atoms with E-state index in [0.29, 0.717) is 31.6 Å². The van der Waals surface area contributed by atoms with Gasteiger partial charge in [-0.1, -0.05) is 316 Å². The molecule has 0 spiro atoms. The van der Waals surface area contributed by atoms with E-state index >= 15 is 0 Å². The monoisotopic (exact) mass is 1390 g/mol. The summed E-state index contributed by atoms with van der Waals surface area (Å²) in [5, 5.41) is 10.6. The van der Waals surface area contributed by atoms with E-state index in [1.807, 2.05) is 0 Å². The molecule has 0 rings (SSSR count). The van der Waals surface area contributed by atoms with Crippen LogP contribution < -0.4 is 0 Å². The normalized spacial score (nSPS) is 14.2. The number of allylic oxidation sites excluding steroid dienone is 4. The van der Waals surface area contributed by atoms with E-state index in [-0.39, 0.29) is 25.7 Å². The highest BCUT2D eigenvalue weighted by atomic mass is 31.2. The maximum Gasteiger partial charge on any atom is 0.472 e. The molecule has 0 aromatic rings. The second kappa shape index (κ2) is 67.4. The van der Waals surface area contributed by atoms with E-state index in [9.17, 15) is 43.2 Å². The van der Waals surface area contributed by atoms with Crippen molar-refractivity contribution in [2.45, 2.75) is 387 Å². The average molecular weight is 1390 g/mol. The fourth-order valence-corrected chi connectivity index (χ4v) is 12.7. The molecular formula is C76H144O17P2. The number of carbonyl (C=O) groups is 4. The zero-order valence-corrected chi connectivity index (χ0v) is 63.2. The summed E-state index contributed by atoms with van der Waals surface area (Å²) < 4.78 is 68.5. The lowest BCUT2D eigenvalue weighted by molar-refractivity contribution is -0.161. The molecule has 2 unspecified atom stereocenters. The number of hydrogen-bond donors (Lipinski definition) is 3. The molecule has 0 saturated heterocycles. The summed E-state index contributed by atoms with van der Waals surface area (Å²) in [6.07, 6.45) is 57.8. The number of aliphatic hydroxyl groups is 1. The van der Waals surface area contributed by atoms with Gasteiger partial charge in [0.15, 0.2) is 12.2 Å². The third kappa shape index (κ3) is 69.8. The third-order valence-corrected chi connectivity index (χ3v) is 19.0. The molecule has 0 aliphatic rings. The van der Waals surface area contributed by atoms with Crippen molar-refractivity contribution in [1.82, 2.24) is 0 Å². The van der Waals surface area contributed by atoms with Crippen molar-refractivity contribution in [2.24, 2.45) is 11.8 Å². The molecule has 0 fully saturated rings. The molecule has 0 bridgehead atoms. The lowest BCUT2D eigenvalue weighted by atomic mass is 10.0. The first kappa shape index (κ1) is 92.5. The largest absolute Gasteiger partial charge is 0.472 e. The minimum Gasteiger partial charge on any atom is -0.462 e. The van der Waals surface area contributed by atoms with Crippen LogP contribution in [0.3, 0.4) is 0 Å². The highest BCUT2D eigenvalue weighted by molar-refractivity contribution is 7.47. The number of ether oxygens (including phenoxy) is 4. The summed E-state index contributed by atoms with van der Waals surface area (Å²) in [5.41, 5.74) is 0. The SMILES string of the molecule is CCCCCC/C=C\C=C/CCCCCCCC(=O)OC[C@H](COP(=O)(O)OC[C@@H](O)COP(=O)(O)OC[C@@H](COC(=O)CCCCCCCCC(C)C)OC(=O)CCCCCCCCCCCCCCCC)OC(=O)CCCCCCCCCCCCCCCCC(C)C. The first-order chi connectivity index (χ1) is 45.9. The van der Waals surface area contributed by atoms with Gasteiger partial charge in [0.25, 0.3) is 0 Å². The Kier molecular flexibility index (Phi) is 65.6. The van der Waals surface area contributed by atoms with Gasteiger partial charge in [-0.3, -0.25) is 37.3 Å². The molecule has 0 aromatic carbocycles. The van der Waals surface area contributed by atoms with Gasteiger partial charge in [-0.05, 0) is 63.2 Å². The van der Waals surface area contributed by atoms with Gasteiger partial charge in [0.05, 0.1) is 26.4 Å². The number of phosphoric acid groups is 2. The fraction of sp³-hybridized carbons (Fsp3) is 0.895. The number of hydrogen-bond acceptors (Lipinski definition) is 15. The quantitative estimate of drug-likeness (QED) is 0.0169. The lowest BCUT2D eigenvalue weighted by Gasteiger charge is -2.21. The molecule has 17 nitrogen and oxygen atoms in total. The van der Waals surface area contributed by atoms with Crippen molar-refractivity contribution in [1.29, 1.82) is 0 Å². The van der Waals surface area contributed by atoms with Crippen molar-refractivity contribution in [3.05, 3.63) is 24.3 Å². The molecular weight excluding hydrogens is 1250 g/mol. The van der Waals surface area contributed by atoms with Crippen LogP contribution in [0.15, 0.2) is 24.3 Å². The molecule has 0 aromatic heterocycles. The van der Waals surface area contributed by atoms with Gasteiger partial charge in [0, 0.05) is 25.7 Å². The average Bonchev–Trinajstić information content (AvgIpc) is 1.87. The molecule has 5 atom stereocenters. The van der Waals surface area contributed by atoms with Crippen LogP contribution in [0, 0.1) is 11.8 Å². The van der Waals surface area contributed by atoms with Gasteiger partial charge >= 0.3 is 39.5 Å². The van der Waals surface area contributed by atoms with Gasteiger partial charge in [0.2, 0.25) is 0 Å². The molecule has 95 heavy (non-hydrogen) atoms. The Labute approximate surface area is 580 Å². The van der Waals surface area contributed by atoms with Gasteiger partial charge in [0.1, 0.15) is 19.3 Å². The Morgan fingerprint density at radius 1 is 0.326 bits per heavy atom. The van der Waals surface area contributed by atoms with Gasteiger partial charge in [-0.15, -0.1) is 0 Å². The van der Waals surface area contributed by atoms with Gasteiger partial charge in [-0.2, -0.15) is 0 Å². The topological polar surface area (TPSA) is 237 Å². The minimum absolute atomic E-state index is 0.100. The summed E-state index contributed by atoms with van der Waals surface area (Å²) in [4.78, 5) is 72.8. The van der Waals surface area contributed by atoms with Crippen LogP contribution in [-0.2, 0) is 65.4 Å². The zero-order valence-electron chi connectivity index (χ0n) is 61.5. The summed E-state index contributed by atoms with van der Waals surface area (Å²) >= 11 is 0. The number of carbonyl (C=O) groups excluding carboxylic acids is 4. The predicted octanol–water partition coefficient (Wildman–Crippen LogP) is 21.9. The zero-order chi connectivity index (χ0) is 70.0. The van der Waals surface area contributed by atoms with E-state index in [1.165, 1.54) is 161 Å². The number of aliphatic hydroxyl groups excluding tert-OH is 1. The van der Waals surface area contributed by atoms with Crippen LogP contribution in [0.2, 0.25) is 0 Å². The van der Waals surface area contributed by atoms with Crippen LogP contribution in [0.4, 0.5) is 0 Å². The van der Waals surface area contributed by atoms with E-state index in [1.54, 1.807) is 0 Å². The number of unbranched alkanes of at least 4 members (excludes halogenated alkanes) is 40. The predicted molar refractivity (Wildman–Crippen MR) is 386 cm³/mol. The van der Waals surface area contributed by atoms with Crippen molar-refractivity contribution in [3.63, 3.8) is 0 Å². The molecule has 0 radical (unpaired) electrons. The van der Waals surface area contributed by atoms with Crippen LogP contribution in [0.5, 0.6) is 0 Å². The Morgan fingerprint density at radius 3 is 0.863 bits per heavy atom. The summed E-state index contributed by atoms with van der Waals surface area (Å²) in [7, 11) is -9.92. The van der Waals surface area contributed by atoms with Crippen molar-refractivity contribution < 1.29 is 80.2 Å². The van der Waals surface area contributed by atoms with E-state index in [2.05, 4.69) is 65.8 Å². The molecule has 0 aliphatic carbocycles. The van der Waals surface area contributed by atoms with Crippen LogP contribution >= 0.6 is 15.6 Å². The first-order valence-corrected chi connectivity index (χ1v) is 41.8. The second-order valence-electron chi connectivity index (χ2n) is 27.7. The Balaban J connectivity index is 5.27. The van der Waals surface area contributed by atoms with Crippen LogP contribution in [0.25, 0.3) is 0 Å². The second-order valence-corrected chi connectivity index (χ2v) is 30.6. The molecule has 0 aliphatic heterocycles. The summed E-state index contributed by atoms with van der Waals surface area (Å²) in [5.74, 6) is -0.676. The maximum absolute atomic E-state index is 13.1. The van der Waals surface area contributed by atoms with Crippen molar-refractivity contribution in [3.8, 4) is 0 Å². The first-order valence-electron chi connectivity index (χ1n) is 38.8. The number of esters is 4. The lowest BCUT2D eigenvalue weighted by Crippen LogP contribution is -2.30. The maximum atomic E-state index is 13.1. The molecule has 0 saturated carbocycles. The van der Waals surface area contributed by atoms with E-state index in [4.69, 9.17) is 37.0 Å². The molecule has 0 amide bonds. The number of phosphoric ester groups is 2. The van der Waals surface area contributed by atoms with Crippen molar-refractivity contribution >= 4 is 39.5 Å². The molecule has 19 heteroatoms. The Morgan fingerprint density at radius 2 is 0.568 bits per heavy atom. The van der Waals surface area contributed by atoms with E-state index in [0.717, 1.165) is 121 Å². The fourth-order valence-electron chi connectivity index (χ4n) is 11.1. The number of rotatable bonds is 73.